The molecule has 2 rings (SSSR count). The second-order valence-electron chi connectivity index (χ2n) is 3.23. The van der Waals surface area contributed by atoms with Crippen LogP contribution in [-0.4, -0.2) is 12.0 Å². The van der Waals surface area contributed by atoms with Crippen LogP contribution in [0.15, 0.2) is 42.5 Å². The van der Waals surface area contributed by atoms with Crippen LogP contribution in [0, 0.1) is 0 Å². The average molecular weight is 222 g/mol. The minimum absolute atomic E-state index is 0.323. The van der Waals surface area contributed by atoms with Crippen LogP contribution in [-0.2, 0) is 9.09 Å². The first-order chi connectivity index (χ1) is 7.13. The normalized spacial score (nSPS) is 15.1. The molecule has 3 nitrogen and oxygen atoms in total. The van der Waals surface area contributed by atoms with Crippen molar-refractivity contribution >= 4 is 23.7 Å². The second kappa shape index (κ2) is 3.78. The maximum absolute atomic E-state index is 11.6. The van der Waals surface area contributed by atoms with Gasteiger partial charge in [-0.05, 0) is 22.9 Å². The van der Waals surface area contributed by atoms with Gasteiger partial charge in [0.05, 0.1) is 5.30 Å². The molecule has 0 heterocycles. The highest BCUT2D eigenvalue weighted by Gasteiger charge is 2.20. The highest BCUT2D eigenvalue weighted by atomic mass is 31.2. The van der Waals surface area contributed by atoms with E-state index in [0.717, 1.165) is 10.8 Å². The van der Waals surface area contributed by atoms with Gasteiger partial charge in [-0.15, -0.1) is 0 Å². The van der Waals surface area contributed by atoms with E-state index in [-0.39, 0.29) is 0 Å². The Balaban J connectivity index is 2.61. The summed E-state index contributed by atoms with van der Waals surface area (Å²) in [7, 11) is -2.40. The van der Waals surface area contributed by atoms with Gasteiger partial charge in [0, 0.05) is 7.11 Å². The molecular weight excluding hydrogens is 211 g/mol. The molecule has 1 atom stereocenters. The third-order valence-corrected chi connectivity index (χ3v) is 3.73. The topological polar surface area (TPSA) is 46.5 Å². The molecule has 4 heteroatoms. The first kappa shape index (κ1) is 10.4. The SMILES string of the molecule is COP(=O)(O)c1ccc2ccccc2c1. The first-order valence-corrected chi connectivity index (χ1v) is 6.09. The minimum Gasteiger partial charge on any atom is -0.321 e. The fourth-order valence-electron chi connectivity index (χ4n) is 1.46. The number of rotatable bonds is 2. The number of hydrogen-bond donors (Lipinski definition) is 1. The molecule has 0 bridgehead atoms. The maximum atomic E-state index is 11.6. The van der Waals surface area contributed by atoms with Crippen LogP contribution in [0.25, 0.3) is 10.8 Å². The fourth-order valence-corrected chi connectivity index (χ4v) is 2.23. The number of hydrogen-bond acceptors (Lipinski definition) is 2. The van der Waals surface area contributed by atoms with Crippen LogP contribution in [0.4, 0.5) is 0 Å². The fraction of sp³-hybridized carbons (Fsp3) is 0.0909. The van der Waals surface area contributed by atoms with E-state index in [2.05, 4.69) is 4.52 Å². The summed E-state index contributed by atoms with van der Waals surface area (Å²) in [5.74, 6) is 0. The van der Waals surface area contributed by atoms with E-state index >= 15 is 0 Å². The van der Waals surface area contributed by atoms with Crippen molar-refractivity contribution in [3.8, 4) is 0 Å². The Morgan fingerprint density at radius 2 is 1.80 bits per heavy atom. The van der Waals surface area contributed by atoms with Crippen molar-refractivity contribution in [3.63, 3.8) is 0 Å². The van der Waals surface area contributed by atoms with Gasteiger partial charge in [0.2, 0.25) is 0 Å². The summed E-state index contributed by atoms with van der Waals surface area (Å²) in [6.07, 6.45) is 0. The third-order valence-electron chi connectivity index (χ3n) is 2.31. The van der Waals surface area contributed by atoms with E-state index in [4.69, 9.17) is 0 Å². The molecule has 0 saturated heterocycles. The summed E-state index contributed by atoms with van der Waals surface area (Å²) in [6.45, 7) is 0. The van der Waals surface area contributed by atoms with Crippen LogP contribution in [0.3, 0.4) is 0 Å². The summed E-state index contributed by atoms with van der Waals surface area (Å²) in [6, 6.07) is 12.8. The Bertz CT molecular complexity index is 536. The zero-order valence-electron chi connectivity index (χ0n) is 8.25. The maximum Gasteiger partial charge on any atom is 0.358 e. The Labute approximate surface area is 87.8 Å². The van der Waals surface area contributed by atoms with Crippen molar-refractivity contribution in [2.45, 2.75) is 0 Å². The van der Waals surface area contributed by atoms with Gasteiger partial charge in [-0.3, -0.25) is 4.57 Å². The van der Waals surface area contributed by atoms with Crippen molar-refractivity contribution in [1.29, 1.82) is 0 Å². The Morgan fingerprint density at radius 3 is 2.47 bits per heavy atom. The predicted molar refractivity (Wildman–Crippen MR) is 60.4 cm³/mol. The molecule has 2 aromatic rings. The molecule has 0 spiro atoms. The summed E-state index contributed by atoms with van der Waals surface area (Å²) in [4.78, 5) is 9.49. The lowest BCUT2D eigenvalue weighted by Gasteiger charge is -2.09. The lowest BCUT2D eigenvalue weighted by atomic mass is 10.1. The summed E-state index contributed by atoms with van der Waals surface area (Å²) >= 11 is 0. The minimum atomic E-state index is -3.63. The van der Waals surface area contributed by atoms with Crippen LogP contribution >= 0.6 is 7.60 Å². The van der Waals surface area contributed by atoms with E-state index in [0.29, 0.717) is 5.30 Å². The van der Waals surface area contributed by atoms with E-state index in [1.807, 2.05) is 30.3 Å². The highest BCUT2D eigenvalue weighted by Crippen LogP contribution is 2.39. The van der Waals surface area contributed by atoms with Crippen molar-refractivity contribution in [2.24, 2.45) is 0 Å². The van der Waals surface area contributed by atoms with E-state index in [1.165, 1.54) is 7.11 Å². The molecule has 15 heavy (non-hydrogen) atoms. The molecule has 0 aromatic heterocycles. The first-order valence-electron chi connectivity index (χ1n) is 4.51. The van der Waals surface area contributed by atoms with Crippen molar-refractivity contribution in [3.05, 3.63) is 42.5 Å². The second-order valence-corrected chi connectivity index (χ2v) is 5.16. The van der Waals surface area contributed by atoms with Gasteiger partial charge in [-0.1, -0.05) is 30.3 Å². The van der Waals surface area contributed by atoms with Gasteiger partial charge in [0.15, 0.2) is 0 Å². The standard InChI is InChI=1S/C11H11O3P/c1-14-15(12,13)11-7-6-9-4-2-3-5-10(9)8-11/h2-8H,1H3,(H,12,13). The predicted octanol–water partition coefficient (Wildman–Crippen LogP) is 2.30. The van der Waals surface area contributed by atoms with Gasteiger partial charge in [-0.2, -0.15) is 0 Å². The molecule has 1 unspecified atom stereocenters. The highest BCUT2D eigenvalue weighted by molar-refractivity contribution is 7.61. The summed E-state index contributed by atoms with van der Waals surface area (Å²) in [5, 5.41) is 2.29. The summed E-state index contributed by atoms with van der Waals surface area (Å²) < 4.78 is 16.1. The van der Waals surface area contributed by atoms with Crippen LogP contribution in [0.2, 0.25) is 0 Å². The third kappa shape index (κ3) is 1.95. The Hall–Kier alpha value is -1.15. The van der Waals surface area contributed by atoms with Crippen LogP contribution in [0.1, 0.15) is 0 Å². The lowest BCUT2D eigenvalue weighted by Crippen LogP contribution is -2.04. The van der Waals surface area contributed by atoms with E-state index < -0.39 is 7.60 Å². The monoisotopic (exact) mass is 222 g/mol. The van der Waals surface area contributed by atoms with Gasteiger partial charge in [0.25, 0.3) is 0 Å². The van der Waals surface area contributed by atoms with Gasteiger partial charge in [0.1, 0.15) is 0 Å². The molecule has 78 valence electrons. The molecule has 0 amide bonds. The molecule has 0 saturated carbocycles. The molecule has 0 fully saturated rings. The number of benzene rings is 2. The largest absolute Gasteiger partial charge is 0.358 e. The van der Waals surface area contributed by atoms with E-state index in [1.54, 1.807) is 12.1 Å². The Morgan fingerprint density at radius 1 is 1.13 bits per heavy atom. The van der Waals surface area contributed by atoms with Crippen LogP contribution < -0.4 is 5.30 Å². The van der Waals surface area contributed by atoms with E-state index in [9.17, 15) is 9.46 Å². The zero-order valence-corrected chi connectivity index (χ0v) is 9.15. The van der Waals surface area contributed by atoms with Crippen molar-refractivity contribution in [2.75, 3.05) is 7.11 Å². The molecule has 0 aliphatic carbocycles. The molecule has 0 radical (unpaired) electrons. The zero-order chi connectivity index (χ0) is 10.9. The van der Waals surface area contributed by atoms with Gasteiger partial charge < -0.3 is 9.42 Å². The van der Waals surface area contributed by atoms with Gasteiger partial charge >= 0.3 is 7.60 Å². The lowest BCUT2D eigenvalue weighted by molar-refractivity contribution is 0.328. The molecule has 2 aromatic carbocycles. The van der Waals surface area contributed by atoms with Crippen LogP contribution in [0.5, 0.6) is 0 Å². The molecular formula is C11H11O3P. The number of fused-ring (bicyclic) bond motifs is 1. The molecule has 0 aliphatic heterocycles. The van der Waals surface area contributed by atoms with Gasteiger partial charge in [-0.25, -0.2) is 0 Å². The quantitative estimate of drug-likeness (QED) is 0.793. The Kier molecular flexibility index (Phi) is 2.61. The van der Waals surface area contributed by atoms with Crippen molar-refractivity contribution in [1.82, 2.24) is 0 Å². The average Bonchev–Trinajstić information content (AvgIpc) is 2.28. The smallest absolute Gasteiger partial charge is 0.321 e. The molecule has 1 N–H and O–H groups in total. The van der Waals surface area contributed by atoms with Crippen molar-refractivity contribution < 1.29 is 14.0 Å². The summed E-state index contributed by atoms with van der Waals surface area (Å²) in [5.41, 5.74) is 0. The molecule has 0 aliphatic rings.